The molecule has 0 amide bonds. The van der Waals surface area contributed by atoms with Gasteiger partial charge in [-0.2, -0.15) is 0 Å². The molecule has 4 nitrogen and oxygen atoms in total. The van der Waals surface area contributed by atoms with Gasteiger partial charge in [0.1, 0.15) is 11.6 Å². The molecule has 0 saturated carbocycles. The van der Waals surface area contributed by atoms with Crippen molar-refractivity contribution in [2.24, 2.45) is 0 Å². The van der Waals surface area contributed by atoms with E-state index in [0.29, 0.717) is 6.54 Å². The minimum atomic E-state index is 0.663. The fraction of sp³-hybridized carbons (Fsp3) is 0.0952. The molecule has 1 aromatic carbocycles. The minimum Gasteiger partial charge on any atom is -0.366 e. The minimum absolute atomic E-state index is 0.663. The molecular weight excluding hydrogens is 340 g/mol. The van der Waals surface area contributed by atoms with Crippen molar-refractivity contribution < 1.29 is 0 Å². The Labute approximate surface area is 156 Å². The maximum absolute atomic E-state index is 4.58. The average molecular weight is 358 g/mol. The standard InChI is InChI=1S/C21H18N4S/c1-3-8-23-21-11-18(24-14(2)25-21)16-9-17(13-22-12-16)20-10-15-6-4-5-7-19(15)26-20/h3-7,9-13H,1,8H2,2H3,(H,23,24,25). The van der Waals surface area contributed by atoms with Crippen LogP contribution in [0.2, 0.25) is 0 Å². The first-order valence-corrected chi connectivity index (χ1v) is 9.19. The monoisotopic (exact) mass is 358 g/mol. The van der Waals surface area contributed by atoms with Crippen LogP contribution in [-0.2, 0) is 0 Å². The number of aromatic nitrogens is 3. The third-order valence-corrected chi connectivity index (χ3v) is 5.17. The van der Waals surface area contributed by atoms with Crippen LogP contribution in [0.25, 0.3) is 31.8 Å². The molecule has 0 aliphatic heterocycles. The zero-order chi connectivity index (χ0) is 17.9. The van der Waals surface area contributed by atoms with Gasteiger partial charge in [0.2, 0.25) is 0 Å². The summed E-state index contributed by atoms with van der Waals surface area (Å²) < 4.78 is 1.28. The summed E-state index contributed by atoms with van der Waals surface area (Å²) in [7, 11) is 0. The molecule has 5 heteroatoms. The van der Waals surface area contributed by atoms with Gasteiger partial charge in [-0.15, -0.1) is 17.9 Å². The van der Waals surface area contributed by atoms with Crippen LogP contribution in [0.15, 0.2) is 67.5 Å². The normalized spacial score (nSPS) is 10.8. The molecular formula is C21H18N4S. The molecule has 0 saturated heterocycles. The lowest BCUT2D eigenvalue weighted by molar-refractivity contribution is 1.05. The van der Waals surface area contributed by atoms with Crippen LogP contribution in [0.3, 0.4) is 0 Å². The van der Waals surface area contributed by atoms with Gasteiger partial charge < -0.3 is 5.32 Å². The molecule has 4 aromatic rings. The second-order valence-electron chi connectivity index (χ2n) is 5.97. The summed E-state index contributed by atoms with van der Waals surface area (Å²) >= 11 is 1.78. The summed E-state index contributed by atoms with van der Waals surface area (Å²) in [5, 5.41) is 4.48. The molecule has 0 unspecified atom stereocenters. The highest BCUT2D eigenvalue weighted by Gasteiger charge is 2.09. The summed E-state index contributed by atoms with van der Waals surface area (Å²) in [5.74, 6) is 1.51. The van der Waals surface area contributed by atoms with Crippen molar-refractivity contribution in [3.05, 3.63) is 73.3 Å². The summed E-state index contributed by atoms with van der Waals surface area (Å²) in [4.78, 5) is 14.6. The van der Waals surface area contributed by atoms with Crippen LogP contribution in [0, 0.1) is 6.92 Å². The number of benzene rings is 1. The highest BCUT2D eigenvalue weighted by molar-refractivity contribution is 7.22. The Kier molecular flexibility index (Phi) is 4.46. The Balaban J connectivity index is 1.73. The third kappa shape index (κ3) is 3.34. The lowest BCUT2D eigenvalue weighted by atomic mass is 10.1. The summed E-state index contributed by atoms with van der Waals surface area (Å²) in [6, 6.07) is 14.7. The molecule has 0 aliphatic rings. The van der Waals surface area contributed by atoms with Crippen molar-refractivity contribution >= 4 is 27.2 Å². The van der Waals surface area contributed by atoms with E-state index < -0.39 is 0 Å². The number of nitrogens with one attached hydrogen (secondary N) is 1. The molecule has 0 atom stereocenters. The second kappa shape index (κ2) is 7.06. The predicted molar refractivity (Wildman–Crippen MR) is 110 cm³/mol. The lowest BCUT2D eigenvalue weighted by Gasteiger charge is -2.08. The molecule has 0 aliphatic carbocycles. The van der Waals surface area contributed by atoms with Crippen LogP contribution < -0.4 is 5.32 Å². The number of rotatable bonds is 5. The number of hydrogen-bond acceptors (Lipinski definition) is 5. The van der Waals surface area contributed by atoms with Crippen LogP contribution >= 0.6 is 11.3 Å². The maximum Gasteiger partial charge on any atom is 0.130 e. The SMILES string of the molecule is C=CCNc1cc(-c2cncc(-c3cc4ccccc4s3)c2)nc(C)n1. The lowest BCUT2D eigenvalue weighted by Crippen LogP contribution is -2.03. The van der Waals surface area contributed by atoms with Crippen LogP contribution in [0.5, 0.6) is 0 Å². The van der Waals surface area contributed by atoms with Crippen molar-refractivity contribution in [1.29, 1.82) is 0 Å². The van der Waals surface area contributed by atoms with Crippen molar-refractivity contribution in [2.45, 2.75) is 6.92 Å². The van der Waals surface area contributed by atoms with E-state index in [9.17, 15) is 0 Å². The number of nitrogens with zero attached hydrogens (tertiary/aromatic N) is 3. The van der Waals surface area contributed by atoms with Gasteiger partial charge in [-0.25, -0.2) is 9.97 Å². The van der Waals surface area contributed by atoms with Crippen molar-refractivity contribution in [2.75, 3.05) is 11.9 Å². The van der Waals surface area contributed by atoms with Crippen molar-refractivity contribution in [1.82, 2.24) is 15.0 Å². The molecule has 0 fully saturated rings. The first-order chi connectivity index (χ1) is 12.7. The van der Waals surface area contributed by atoms with Crippen molar-refractivity contribution in [3.8, 4) is 21.7 Å². The topological polar surface area (TPSA) is 50.7 Å². The fourth-order valence-electron chi connectivity index (χ4n) is 2.82. The van der Waals surface area contributed by atoms with Gasteiger partial charge in [0.15, 0.2) is 0 Å². The summed E-state index contributed by atoms with van der Waals surface area (Å²) in [5.41, 5.74) is 2.94. The molecule has 3 heterocycles. The van der Waals surface area contributed by atoms with E-state index in [1.165, 1.54) is 15.0 Å². The zero-order valence-corrected chi connectivity index (χ0v) is 15.3. The molecule has 0 spiro atoms. The van der Waals surface area contributed by atoms with Gasteiger partial charge in [-0.3, -0.25) is 4.98 Å². The fourth-order valence-corrected chi connectivity index (χ4v) is 3.87. The van der Waals surface area contributed by atoms with Crippen LogP contribution in [-0.4, -0.2) is 21.5 Å². The smallest absolute Gasteiger partial charge is 0.130 e. The molecule has 0 bridgehead atoms. The van der Waals surface area contributed by atoms with Crippen LogP contribution in [0.1, 0.15) is 5.82 Å². The molecule has 128 valence electrons. The molecule has 1 N–H and O–H groups in total. The van der Waals surface area contributed by atoms with Gasteiger partial charge in [0.05, 0.1) is 5.69 Å². The highest BCUT2D eigenvalue weighted by Crippen LogP contribution is 2.34. The van der Waals surface area contributed by atoms with E-state index in [2.05, 4.69) is 63.2 Å². The number of thiophene rings is 1. The highest BCUT2D eigenvalue weighted by atomic mass is 32.1. The van der Waals surface area contributed by atoms with Gasteiger partial charge in [-0.1, -0.05) is 24.3 Å². The average Bonchev–Trinajstić information content (AvgIpc) is 3.10. The van der Waals surface area contributed by atoms with E-state index in [1.54, 1.807) is 17.4 Å². The number of aryl methyl sites for hydroxylation is 1. The summed E-state index contributed by atoms with van der Waals surface area (Å²) in [6.45, 7) is 6.28. The van der Waals surface area contributed by atoms with E-state index in [-0.39, 0.29) is 0 Å². The van der Waals surface area contributed by atoms with Gasteiger partial charge in [0, 0.05) is 45.7 Å². The predicted octanol–water partition coefficient (Wildman–Crippen LogP) is 5.33. The number of hydrogen-bond donors (Lipinski definition) is 1. The van der Waals surface area contributed by atoms with E-state index in [1.807, 2.05) is 25.4 Å². The maximum atomic E-state index is 4.58. The largest absolute Gasteiger partial charge is 0.366 e. The first-order valence-electron chi connectivity index (χ1n) is 8.38. The third-order valence-electron chi connectivity index (χ3n) is 4.01. The van der Waals surface area contributed by atoms with Crippen LogP contribution in [0.4, 0.5) is 5.82 Å². The quantitative estimate of drug-likeness (QED) is 0.490. The molecule has 3 aromatic heterocycles. The van der Waals surface area contributed by atoms with E-state index in [4.69, 9.17) is 0 Å². The van der Waals surface area contributed by atoms with Gasteiger partial charge in [0.25, 0.3) is 0 Å². The Morgan fingerprint density at radius 1 is 1.08 bits per heavy atom. The Hall–Kier alpha value is -3.05. The first kappa shape index (κ1) is 16.4. The number of pyridine rings is 1. The molecule has 4 rings (SSSR count). The molecule has 0 radical (unpaired) electrons. The van der Waals surface area contributed by atoms with Crippen molar-refractivity contribution in [3.63, 3.8) is 0 Å². The Morgan fingerprint density at radius 3 is 2.77 bits per heavy atom. The summed E-state index contributed by atoms with van der Waals surface area (Å²) in [6.07, 6.45) is 5.55. The van der Waals surface area contributed by atoms with Gasteiger partial charge >= 0.3 is 0 Å². The Morgan fingerprint density at radius 2 is 1.92 bits per heavy atom. The number of fused-ring (bicyclic) bond motifs is 1. The number of anilines is 1. The second-order valence-corrected chi connectivity index (χ2v) is 7.05. The van der Waals surface area contributed by atoms with E-state index >= 15 is 0 Å². The zero-order valence-electron chi connectivity index (χ0n) is 14.4. The molecule has 26 heavy (non-hydrogen) atoms. The van der Waals surface area contributed by atoms with Gasteiger partial charge in [-0.05, 0) is 30.5 Å². The van der Waals surface area contributed by atoms with E-state index in [0.717, 1.165) is 28.5 Å². The Bertz CT molecular complexity index is 1050.